The topological polar surface area (TPSA) is 83.0 Å². The van der Waals surface area contributed by atoms with Crippen molar-refractivity contribution in [1.29, 1.82) is 0 Å². The largest absolute Gasteiger partial charge is 0.477 e. The van der Waals surface area contributed by atoms with Crippen LogP contribution in [-0.4, -0.2) is 21.0 Å². The van der Waals surface area contributed by atoms with Gasteiger partial charge in [-0.25, -0.2) is 9.78 Å². The van der Waals surface area contributed by atoms with Gasteiger partial charge in [0.15, 0.2) is 0 Å². The van der Waals surface area contributed by atoms with Gasteiger partial charge in [-0.05, 0) is 12.8 Å². The summed E-state index contributed by atoms with van der Waals surface area (Å²) < 4.78 is 0. The maximum Gasteiger partial charge on any atom is 0.342 e. The van der Waals surface area contributed by atoms with E-state index < -0.39 is 11.5 Å². The lowest BCUT2D eigenvalue weighted by molar-refractivity contribution is 0.0694. The van der Waals surface area contributed by atoms with Gasteiger partial charge < -0.3 is 10.1 Å². The smallest absolute Gasteiger partial charge is 0.342 e. The van der Waals surface area contributed by atoms with Gasteiger partial charge in [0.25, 0.3) is 5.56 Å². The third-order valence-corrected chi connectivity index (χ3v) is 3.31. The van der Waals surface area contributed by atoms with Gasteiger partial charge in [-0.15, -0.1) is 0 Å². The fourth-order valence-electron chi connectivity index (χ4n) is 2.25. The average Bonchev–Trinajstić information content (AvgIpc) is 2.66. The van der Waals surface area contributed by atoms with E-state index in [4.69, 9.17) is 5.11 Å². The fraction of sp³-hybridized carbons (Fsp3) is 0.545. The molecule has 1 heterocycles. The Morgan fingerprint density at radius 3 is 2.62 bits per heavy atom. The van der Waals surface area contributed by atoms with Crippen molar-refractivity contribution in [3.05, 3.63) is 27.9 Å². The monoisotopic (exact) mass is 222 g/mol. The number of carboxylic acid groups (broad SMARTS) is 1. The quantitative estimate of drug-likeness (QED) is 0.790. The second-order valence-corrected chi connectivity index (χ2v) is 4.55. The van der Waals surface area contributed by atoms with Crippen LogP contribution in [0.1, 0.15) is 48.8 Å². The molecule has 1 aliphatic carbocycles. The molecular weight excluding hydrogens is 208 g/mol. The number of nitrogens with zero attached hydrogens (tertiary/aromatic N) is 1. The molecule has 0 amide bonds. The number of hydrogen-bond acceptors (Lipinski definition) is 3. The molecule has 5 heteroatoms. The van der Waals surface area contributed by atoms with Crippen molar-refractivity contribution in [2.45, 2.75) is 38.0 Å². The summed E-state index contributed by atoms with van der Waals surface area (Å²) in [6.45, 7) is 2.05. The third kappa shape index (κ3) is 1.73. The van der Waals surface area contributed by atoms with Gasteiger partial charge in [0.1, 0.15) is 11.4 Å². The first kappa shape index (κ1) is 10.9. The summed E-state index contributed by atoms with van der Waals surface area (Å²) in [6, 6.07) is 0. The summed E-state index contributed by atoms with van der Waals surface area (Å²) in [5.74, 6) is -0.628. The minimum absolute atomic E-state index is 0.101. The Kier molecular flexibility index (Phi) is 2.53. The highest BCUT2D eigenvalue weighted by molar-refractivity contribution is 5.86. The molecule has 1 fully saturated rings. The van der Waals surface area contributed by atoms with Crippen molar-refractivity contribution in [3.63, 3.8) is 0 Å². The molecule has 2 rings (SSSR count). The number of rotatable bonds is 2. The molecule has 0 unspecified atom stereocenters. The summed E-state index contributed by atoms with van der Waals surface area (Å²) in [5, 5.41) is 8.73. The number of H-pyrrole nitrogens is 1. The molecule has 1 aromatic rings. The number of carboxylic acids is 1. The predicted molar refractivity (Wildman–Crippen MR) is 57.6 cm³/mol. The first-order valence-electron chi connectivity index (χ1n) is 5.36. The molecule has 86 valence electrons. The standard InChI is InChI=1S/C11H14N2O3/c1-11(4-2-3-5-11)10-12-6-7(9(15)16)8(14)13-10/h6H,2-5H2,1H3,(H,15,16)(H,12,13,14). The van der Waals surface area contributed by atoms with E-state index in [2.05, 4.69) is 16.9 Å². The first-order chi connectivity index (χ1) is 7.53. The second-order valence-electron chi connectivity index (χ2n) is 4.55. The molecule has 5 nitrogen and oxygen atoms in total. The summed E-state index contributed by atoms with van der Waals surface area (Å²) in [5.41, 5.74) is -0.966. The normalized spacial score (nSPS) is 18.6. The van der Waals surface area contributed by atoms with E-state index in [1.165, 1.54) is 0 Å². The number of hydrogen-bond donors (Lipinski definition) is 2. The summed E-state index contributed by atoms with van der Waals surface area (Å²) in [4.78, 5) is 28.8. The lowest BCUT2D eigenvalue weighted by atomic mass is 9.88. The number of aromatic nitrogens is 2. The SMILES string of the molecule is CC1(c2ncc(C(=O)O)c(=O)[nH]2)CCCC1. The van der Waals surface area contributed by atoms with Crippen LogP contribution in [0.5, 0.6) is 0 Å². The summed E-state index contributed by atoms with van der Waals surface area (Å²) >= 11 is 0. The highest BCUT2D eigenvalue weighted by Gasteiger charge is 2.33. The molecule has 2 N–H and O–H groups in total. The van der Waals surface area contributed by atoms with Crippen LogP contribution in [0, 0.1) is 0 Å². The molecule has 16 heavy (non-hydrogen) atoms. The van der Waals surface area contributed by atoms with Crippen molar-refractivity contribution < 1.29 is 9.90 Å². The van der Waals surface area contributed by atoms with Crippen molar-refractivity contribution in [3.8, 4) is 0 Å². The van der Waals surface area contributed by atoms with Crippen LogP contribution in [-0.2, 0) is 5.41 Å². The maximum atomic E-state index is 11.5. The Hall–Kier alpha value is -1.65. The van der Waals surface area contributed by atoms with Gasteiger partial charge >= 0.3 is 5.97 Å². The highest BCUT2D eigenvalue weighted by atomic mass is 16.4. The minimum atomic E-state index is -1.24. The molecule has 0 spiro atoms. The van der Waals surface area contributed by atoms with Crippen molar-refractivity contribution in [1.82, 2.24) is 9.97 Å². The predicted octanol–water partition coefficient (Wildman–Crippen LogP) is 1.30. The van der Waals surface area contributed by atoms with Crippen LogP contribution in [0.2, 0.25) is 0 Å². The third-order valence-electron chi connectivity index (χ3n) is 3.31. The van der Waals surface area contributed by atoms with Crippen LogP contribution in [0.3, 0.4) is 0 Å². The zero-order valence-electron chi connectivity index (χ0n) is 9.12. The van der Waals surface area contributed by atoms with Crippen LogP contribution >= 0.6 is 0 Å². The van der Waals surface area contributed by atoms with Gasteiger partial charge in [-0.3, -0.25) is 4.79 Å². The molecule has 1 aliphatic rings. The van der Waals surface area contributed by atoms with Gasteiger partial charge in [-0.2, -0.15) is 0 Å². The molecule has 1 saturated carbocycles. The Bertz CT molecular complexity index is 472. The van der Waals surface area contributed by atoms with Crippen molar-refractivity contribution in [2.24, 2.45) is 0 Å². The Morgan fingerprint density at radius 1 is 1.50 bits per heavy atom. The zero-order valence-corrected chi connectivity index (χ0v) is 9.12. The van der Waals surface area contributed by atoms with E-state index in [0.29, 0.717) is 5.82 Å². The Labute approximate surface area is 92.5 Å². The fourth-order valence-corrected chi connectivity index (χ4v) is 2.25. The van der Waals surface area contributed by atoms with Crippen LogP contribution < -0.4 is 5.56 Å². The van der Waals surface area contributed by atoms with Gasteiger partial charge in [-0.1, -0.05) is 19.8 Å². The number of aromatic amines is 1. The van der Waals surface area contributed by atoms with E-state index in [1.54, 1.807) is 0 Å². The van der Waals surface area contributed by atoms with E-state index in [-0.39, 0.29) is 11.0 Å². The average molecular weight is 222 g/mol. The highest BCUT2D eigenvalue weighted by Crippen LogP contribution is 2.38. The molecule has 0 radical (unpaired) electrons. The second kappa shape index (κ2) is 3.73. The number of aromatic carboxylic acids is 1. The lowest BCUT2D eigenvalue weighted by Gasteiger charge is -2.21. The van der Waals surface area contributed by atoms with Crippen LogP contribution in [0.15, 0.2) is 11.0 Å². The molecule has 0 atom stereocenters. The van der Waals surface area contributed by atoms with E-state index in [9.17, 15) is 9.59 Å². The lowest BCUT2D eigenvalue weighted by Crippen LogP contribution is -2.27. The number of nitrogens with one attached hydrogen (secondary N) is 1. The maximum absolute atomic E-state index is 11.5. The van der Waals surface area contributed by atoms with Crippen molar-refractivity contribution >= 4 is 5.97 Å². The molecule has 0 bridgehead atoms. The van der Waals surface area contributed by atoms with Crippen molar-refractivity contribution in [2.75, 3.05) is 0 Å². The Balaban J connectivity index is 2.42. The summed E-state index contributed by atoms with van der Waals surface area (Å²) in [7, 11) is 0. The minimum Gasteiger partial charge on any atom is -0.477 e. The van der Waals surface area contributed by atoms with Crippen LogP contribution in [0.25, 0.3) is 0 Å². The van der Waals surface area contributed by atoms with E-state index in [1.807, 2.05) is 0 Å². The first-order valence-corrected chi connectivity index (χ1v) is 5.36. The van der Waals surface area contributed by atoms with E-state index in [0.717, 1.165) is 31.9 Å². The van der Waals surface area contributed by atoms with Gasteiger partial charge in [0.2, 0.25) is 0 Å². The van der Waals surface area contributed by atoms with Gasteiger partial charge in [0.05, 0.1) is 0 Å². The molecular formula is C11H14N2O3. The van der Waals surface area contributed by atoms with Gasteiger partial charge in [0, 0.05) is 11.6 Å². The van der Waals surface area contributed by atoms with Crippen LogP contribution in [0.4, 0.5) is 0 Å². The number of carbonyl (C=O) groups is 1. The summed E-state index contributed by atoms with van der Waals surface area (Å²) in [6.07, 6.45) is 5.38. The van der Waals surface area contributed by atoms with E-state index >= 15 is 0 Å². The molecule has 0 aliphatic heterocycles. The molecule has 1 aromatic heterocycles. The molecule has 0 aromatic carbocycles. The Morgan fingerprint density at radius 2 is 2.12 bits per heavy atom. The zero-order chi connectivity index (χ0) is 11.8. The molecule has 0 saturated heterocycles.